The van der Waals surface area contributed by atoms with Crippen molar-refractivity contribution in [3.8, 4) is 0 Å². The third kappa shape index (κ3) is 2.23. The maximum atomic E-state index is 12.7. The normalized spacial score (nSPS) is 11.9. The highest BCUT2D eigenvalue weighted by atomic mass is 19.1. The average molecular weight is 179 g/mol. The van der Waals surface area contributed by atoms with Gasteiger partial charge in [-0.2, -0.15) is 4.99 Å². The number of rotatable bonds is 2. The minimum absolute atomic E-state index is 0.252. The van der Waals surface area contributed by atoms with Crippen molar-refractivity contribution in [2.45, 2.75) is 19.9 Å². The molecule has 0 saturated heterocycles. The molecule has 1 unspecified atom stereocenters. The Balaban J connectivity index is 3.08. The fourth-order valence-corrected chi connectivity index (χ4v) is 1.26. The lowest BCUT2D eigenvalue weighted by molar-refractivity contribution is 0.559. The summed E-state index contributed by atoms with van der Waals surface area (Å²) >= 11 is 0. The second-order valence-electron chi connectivity index (χ2n) is 2.90. The van der Waals surface area contributed by atoms with Gasteiger partial charge in [-0.25, -0.2) is 9.18 Å². The molecule has 0 N–H and O–H groups in total. The van der Waals surface area contributed by atoms with Crippen molar-refractivity contribution in [1.82, 2.24) is 0 Å². The van der Waals surface area contributed by atoms with E-state index in [4.69, 9.17) is 0 Å². The summed E-state index contributed by atoms with van der Waals surface area (Å²) in [6.07, 6.45) is 1.49. The van der Waals surface area contributed by atoms with Gasteiger partial charge in [0, 0.05) is 0 Å². The van der Waals surface area contributed by atoms with Gasteiger partial charge in [0.2, 0.25) is 6.08 Å². The van der Waals surface area contributed by atoms with Crippen molar-refractivity contribution in [1.29, 1.82) is 0 Å². The maximum Gasteiger partial charge on any atom is 0.235 e. The monoisotopic (exact) mass is 179 g/mol. The number of hydrogen-bond donors (Lipinski definition) is 0. The van der Waals surface area contributed by atoms with Gasteiger partial charge in [-0.1, -0.05) is 6.07 Å². The van der Waals surface area contributed by atoms with Crippen LogP contribution in [0.5, 0.6) is 0 Å². The van der Waals surface area contributed by atoms with Crippen LogP contribution in [0, 0.1) is 12.7 Å². The Labute approximate surface area is 76.1 Å². The molecule has 0 amide bonds. The molecule has 0 aromatic heterocycles. The molecule has 1 atom stereocenters. The van der Waals surface area contributed by atoms with Gasteiger partial charge in [0.15, 0.2) is 0 Å². The third-order valence-electron chi connectivity index (χ3n) is 1.93. The number of isocyanates is 1. The van der Waals surface area contributed by atoms with Crippen molar-refractivity contribution >= 4 is 6.08 Å². The number of halogens is 1. The van der Waals surface area contributed by atoms with E-state index >= 15 is 0 Å². The molecule has 0 spiro atoms. The van der Waals surface area contributed by atoms with Crippen molar-refractivity contribution in [3.05, 3.63) is 35.1 Å². The standard InChI is InChI=1S/C10H10FNO/c1-7-5-9(11)3-4-10(7)8(2)12-6-13/h3-5,8H,1-2H3. The SMILES string of the molecule is Cc1cc(F)ccc1C(C)N=C=O. The molecule has 0 aliphatic heterocycles. The first-order valence-electron chi connectivity index (χ1n) is 3.98. The van der Waals surface area contributed by atoms with Gasteiger partial charge in [0.25, 0.3) is 0 Å². The summed E-state index contributed by atoms with van der Waals surface area (Å²) in [6.45, 7) is 3.56. The second-order valence-corrected chi connectivity index (χ2v) is 2.90. The van der Waals surface area contributed by atoms with Crippen LogP contribution < -0.4 is 0 Å². The smallest absolute Gasteiger partial charge is 0.211 e. The second kappa shape index (κ2) is 3.97. The molecule has 0 saturated carbocycles. The topological polar surface area (TPSA) is 29.4 Å². The van der Waals surface area contributed by atoms with Crippen LogP contribution in [0.3, 0.4) is 0 Å². The van der Waals surface area contributed by atoms with E-state index in [0.29, 0.717) is 0 Å². The molecular weight excluding hydrogens is 169 g/mol. The molecule has 13 heavy (non-hydrogen) atoms. The Kier molecular flexibility index (Phi) is 2.93. The Morgan fingerprint density at radius 2 is 2.23 bits per heavy atom. The quantitative estimate of drug-likeness (QED) is 0.506. The molecule has 0 bridgehead atoms. The summed E-state index contributed by atoms with van der Waals surface area (Å²) in [5.74, 6) is -0.275. The van der Waals surface area contributed by atoms with Crippen LogP contribution in [-0.4, -0.2) is 6.08 Å². The van der Waals surface area contributed by atoms with Crippen molar-refractivity contribution in [2.75, 3.05) is 0 Å². The molecular formula is C10H10FNO. The summed E-state index contributed by atoms with van der Waals surface area (Å²) in [4.78, 5) is 13.6. The molecule has 0 aliphatic rings. The maximum absolute atomic E-state index is 12.7. The molecule has 1 aromatic carbocycles. The number of benzene rings is 1. The van der Waals surface area contributed by atoms with Crippen LogP contribution in [0.2, 0.25) is 0 Å². The highest BCUT2D eigenvalue weighted by Gasteiger charge is 2.06. The van der Waals surface area contributed by atoms with Crippen molar-refractivity contribution in [2.24, 2.45) is 4.99 Å². The van der Waals surface area contributed by atoms with E-state index < -0.39 is 0 Å². The highest BCUT2D eigenvalue weighted by molar-refractivity contribution is 5.37. The van der Waals surface area contributed by atoms with Crippen molar-refractivity contribution < 1.29 is 9.18 Å². The van der Waals surface area contributed by atoms with Crippen LogP contribution in [0.25, 0.3) is 0 Å². The number of aliphatic imine (C=N–C) groups is 1. The molecule has 2 nitrogen and oxygen atoms in total. The predicted octanol–water partition coefficient (Wildman–Crippen LogP) is 2.53. The number of carbonyl (C=O) groups excluding carboxylic acids is 1. The largest absolute Gasteiger partial charge is 0.235 e. The first-order chi connectivity index (χ1) is 6.15. The van der Waals surface area contributed by atoms with E-state index in [1.165, 1.54) is 18.2 Å². The van der Waals surface area contributed by atoms with Gasteiger partial charge in [0.05, 0.1) is 6.04 Å². The lowest BCUT2D eigenvalue weighted by Crippen LogP contribution is -1.93. The lowest BCUT2D eigenvalue weighted by atomic mass is 10.0. The van der Waals surface area contributed by atoms with Crippen LogP contribution in [-0.2, 0) is 4.79 Å². The van der Waals surface area contributed by atoms with Crippen LogP contribution in [0.1, 0.15) is 24.1 Å². The molecule has 1 rings (SSSR count). The van der Waals surface area contributed by atoms with E-state index in [0.717, 1.165) is 11.1 Å². The number of aryl methyl sites for hydroxylation is 1. The molecule has 0 fully saturated rings. The van der Waals surface area contributed by atoms with Gasteiger partial charge in [0.1, 0.15) is 5.82 Å². The minimum Gasteiger partial charge on any atom is -0.211 e. The summed E-state index contributed by atoms with van der Waals surface area (Å²) in [6, 6.07) is 4.17. The Morgan fingerprint density at radius 1 is 1.54 bits per heavy atom. The van der Waals surface area contributed by atoms with Gasteiger partial charge in [-0.15, -0.1) is 0 Å². The molecule has 68 valence electrons. The van der Waals surface area contributed by atoms with E-state index in [-0.39, 0.29) is 11.9 Å². The first-order valence-corrected chi connectivity index (χ1v) is 3.98. The predicted molar refractivity (Wildman–Crippen MR) is 47.7 cm³/mol. The third-order valence-corrected chi connectivity index (χ3v) is 1.93. The molecule has 0 heterocycles. The Hall–Kier alpha value is -1.47. The summed E-state index contributed by atoms with van der Waals surface area (Å²) in [7, 11) is 0. The molecule has 0 radical (unpaired) electrons. The Morgan fingerprint density at radius 3 is 2.77 bits per heavy atom. The Bertz CT molecular complexity index is 356. The molecule has 3 heteroatoms. The van der Waals surface area contributed by atoms with E-state index in [1.807, 2.05) is 0 Å². The fraction of sp³-hybridized carbons (Fsp3) is 0.300. The van der Waals surface area contributed by atoms with Crippen LogP contribution in [0.15, 0.2) is 23.2 Å². The van der Waals surface area contributed by atoms with Crippen molar-refractivity contribution in [3.63, 3.8) is 0 Å². The molecule has 1 aromatic rings. The summed E-state index contributed by atoms with van der Waals surface area (Å²) in [5.41, 5.74) is 1.65. The van der Waals surface area contributed by atoms with Gasteiger partial charge in [-0.3, -0.25) is 0 Å². The minimum atomic E-state index is -0.275. The van der Waals surface area contributed by atoms with Crippen LogP contribution in [0.4, 0.5) is 4.39 Å². The first kappa shape index (κ1) is 9.62. The van der Waals surface area contributed by atoms with Gasteiger partial charge < -0.3 is 0 Å². The molecule has 0 aliphatic carbocycles. The zero-order valence-electron chi connectivity index (χ0n) is 7.54. The van der Waals surface area contributed by atoms with E-state index in [9.17, 15) is 9.18 Å². The zero-order valence-corrected chi connectivity index (χ0v) is 7.54. The van der Waals surface area contributed by atoms with Gasteiger partial charge in [-0.05, 0) is 37.1 Å². The average Bonchev–Trinajstić information content (AvgIpc) is 2.04. The van der Waals surface area contributed by atoms with Gasteiger partial charge >= 0.3 is 0 Å². The fourth-order valence-electron chi connectivity index (χ4n) is 1.26. The highest BCUT2D eigenvalue weighted by Crippen LogP contribution is 2.20. The van der Waals surface area contributed by atoms with Crippen LogP contribution >= 0.6 is 0 Å². The number of nitrogens with zero attached hydrogens (tertiary/aromatic N) is 1. The van der Waals surface area contributed by atoms with E-state index in [1.54, 1.807) is 19.9 Å². The zero-order chi connectivity index (χ0) is 9.84. The summed E-state index contributed by atoms with van der Waals surface area (Å²) < 4.78 is 12.7. The lowest BCUT2D eigenvalue weighted by Gasteiger charge is -2.07. The summed E-state index contributed by atoms with van der Waals surface area (Å²) in [5, 5.41) is 0. The van der Waals surface area contributed by atoms with E-state index in [2.05, 4.69) is 4.99 Å². The number of hydrogen-bond acceptors (Lipinski definition) is 2.